The number of rotatable bonds is 4. The second-order valence-corrected chi connectivity index (χ2v) is 6.83. The van der Waals surface area contributed by atoms with Crippen LogP contribution in [-0.4, -0.2) is 30.4 Å². The molecule has 0 bridgehead atoms. The molecule has 0 fully saturated rings. The lowest BCUT2D eigenvalue weighted by Gasteiger charge is -2.18. The maximum atomic E-state index is 12.1. The number of fused-ring (bicyclic) bond motifs is 1. The minimum atomic E-state index is -3.72. The van der Waals surface area contributed by atoms with Crippen LogP contribution in [-0.2, 0) is 21.2 Å². The van der Waals surface area contributed by atoms with Gasteiger partial charge in [-0.25, -0.2) is 0 Å². The number of carbonyl (C=O) groups is 1. The van der Waals surface area contributed by atoms with Gasteiger partial charge in [0.25, 0.3) is 10.0 Å². The number of benzene rings is 1. The third-order valence-electron chi connectivity index (χ3n) is 2.73. The quantitative estimate of drug-likeness (QED) is 0.881. The minimum Gasteiger partial charge on any atom is -0.481 e. The number of hydrogen-bond donors (Lipinski definition) is 2. The minimum absolute atomic E-state index is 0.0486. The predicted octanol–water partition coefficient (Wildman–Crippen LogP) is 1.93. The summed E-state index contributed by atoms with van der Waals surface area (Å²) in [6, 6.07) is 5.17. The number of carboxylic acids is 1. The topological polar surface area (TPSA) is 95.8 Å². The van der Waals surface area contributed by atoms with E-state index in [0.717, 1.165) is 23.7 Å². The number of amidine groups is 1. The molecule has 0 spiro atoms. The van der Waals surface area contributed by atoms with Crippen LogP contribution in [0.5, 0.6) is 0 Å². The molecule has 2 rings (SSSR count). The first-order valence-electron chi connectivity index (χ1n) is 6.02. The third-order valence-corrected chi connectivity index (χ3v) is 5.04. The molecule has 0 saturated carbocycles. The van der Waals surface area contributed by atoms with Gasteiger partial charge in [-0.05, 0) is 24.1 Å². The van der Waals surface area contributed by atoms with E-state index >= 15 is 0 Å². The standard InChI is InChI=1S/C12H14N2O4S2/c1-2-8-3-4-9-10(7-8)20(17,18)14-12(13-9)19-6-5-11(15)16/h3-4,7H,2,5-6H2,1H3,(H,13,14)(H,15,16). The normalized spacial score (nSPS) is 15.9. The van der Waals surface area contributed by atoms with E-state index in [1.165, 1.54) is 0 Å². The molecule has 0 radical (unpaired) electrons. The van der Waals surface area contributed by atoms with Crippen molar-refractivity contribution < 1.29 is 18.3 Å². The Morgan fingerprint density at radius 1 is 1.45 bits per heavy atom. The molecule has 1 aromatic carbocycles. The summed E-state index contributed by atoms with van der Waals surface area (Å²) in [6.45, 7) is 1.95. The molecule has 108 valence electrons. The first-order chi connectivity index (χ1) is 9.42. The van der Waals surface area contributed by atoms with E-state index in [0.29, 0.717) is 5.69 Å². The molecular formula is C12H14N2O4S2. The molecule has 0 atom stereocenters. The van der Waals surface area contributed by atoms with Gasteiger partial charge in [0.2, 0.25) is 0 Å². The lowest BCUT2D eigenvalue weighted by atomic mass is 10.1. The van der Waals surface area contributed by atoms with E-state index in [-0.39, 0.29) is 22.2 Å². The van der Waals surface area contributed by atoms with Crippen molar-refractivity contribution in [2.24, 2.45) is 4.40 Å². The SMILES string of the molecule is CCc1ccc2c(c1)S(=O)(=O)N=C(SCCC(=O)O)N2. The summed E-state index contributed by atoms with van der Waals surface area (Å²) in [5, 5.41) is 11.7. The summed E-state index contributed by atoms with van der Waals surface area (Å²) < 4.78 is 27.9. The predicted molar refractivity (Wildman–Crippen MR) is 78.8 cm³/mol. The highest BCUT2D eigenvalue weighted by Gasteiger charge is 2.25. The van der Waals surface area contributed by atoms with Crippen LogP contribution in [0.4, 0.5) is 5.69 Å². The molecule has 0 unspecified atom stereocenters. The Morgan fingerprint density at radius 2 is 2.20 bits per heavy atom. The third kappa shape index (κ3) is 3.31. The van der Waals surface area contributed by atoms with Gasteiger partial charge in [0.15, 0.2) is 5.17 Å². The van der Waals surface area contributed by atoms with Gasteiger partial charge in [-0.3, -0.25) is 4.79 Å². The Hall–Kier alpha value is -1.54. The molecule has 1 aliphatic heterocycles. The van der Waals surface area contributed by atoms with E-state index < -0.39 is 16.0 Å². The summed E-state index contributed by atoms with van der Waals surface area (Å²) in [7, 11) is -3.72. The fraction of sp³-hybridized carbons (Fsp3) is 0.333. The molecule has 0 aromatic heterocycles. The maximum absolute atomic E-state index is 12.1. The van der Waals surface area contributed by atoms with Gasteiger partial charge in [-0.1, -0.05) is 24.8 Å². The number of sulfonamides is 1. The average molecular weight is 314 g/mol. The van der Waals surface area contributed by atoms with Crippen LogP contribution in [0.25, 0.3) is 0 Å². The van der Waals surface area contributed by atoms with E-state index in [4.69, 9.17) is 5.11 Å². The fourth-order valence-electron chi connectivity index (χ4n) is 1.70. The van der Waals surface area contributed by atoms with Crippen LogP contribution in [0, 0.1) is 0 Å². The zero-order valence-electron chi connectivity index (χ0n) is 10.8. The van der Waals surface area contributed by atoms with Gasteiger partial charge in [0.05, 0.1) is 12.1 Å². The van der Waals surface area contributed by atoms with Crippen LogP contribution in [0.15, 0.2) is 27.5 Å². The number of hydrogen-bond acceptors (Lipinski definition) is 5. The molecule has 8 heteroatoms. The molecule has 0 amide bonds. The Morgan fingerprint density at radius 3 is 2.85 bits per heavy atom. The van der Waals surface area contributed by atoms with E-state index in [9.17, 15) is 13.2 Å². The molecule has 1 aromatic rings. The van der Waals surface area contributed by atoms with E-state index in [1.807, 2.05) is 13.0 Å². The van der Waals surface area contributed by atoms with Gasteiger partial charge < -0.3 is 10.4 Å². The number of aryl methyl sites for hydroxylation is 1. The number of aliphatic carboxylic acids is 1. The molecular weight excluding hydrogens is 300 g/mol. The van der Waals surface area contributed by atoms with Crippen LogP contribution in [0.2, 0.25) is 0 Å². The highest BCUT2D eigenvalue weighted by molar-refractivity contribution is 8.14. The van der Waals surface area contributed by atoms with Gasteiger partial charge in [-0.15, -0.1) is 4.40 Å². The second kappa shape index (κ2) is 5.84. The Kier molecular flexibility index (Phi) is 4.34. The molecule has 20 heavy (non-hydrogen) atoms. The van der Waals surface area contributed by atoms with Crippen molar-refractivity contribution in [3.8, 4) is 0 Å². The Bertz CT molecular complexity index is 668. The first kappa shape index (κ1) is 14.9. The van der Waals surface area contributed by atoms with Crippen LogP contribution in [0.3, 0.4) is 0 Å². The van der Waals surface area contributed by atoms with E-state index in [2.05, 4.69) is 9.71 Å². The van der Waals surface area contributed by atoms with E-state index in [1.54, 1.807) is 12.1 Å². The van der Waals surface area contributed by atoms with Crippen molar-refractivity contribution in [3.63, 3.8) is 0 Å². The highest BCUT2D eigenvalue weighted by Crippen LogP contribution is 2.30. The van der Waals surface area contributed by atoms with Crippen molar-refractivity contribution in [3.05, 3.63) is 23.8 Å². The Labute approximate surface area is 121 Å². The van der Waals surface area contributed by atoms with Crippen LogP contribution in [0.1, 0.15) is 18.9 Å². The number of thioether (sulfide) groups is 1. The van der Waals surface area contributed by atoms with Crippen molar-refractivity contribution in [1.82, 2.24) is 0 Å². The van der Waals surface area contributed by atoms with Crippen LogP contribution >= 0.6 is 11.8 Å². The van der Waals surface area contributed by atoms with Crippen molar-refractivity contribution in [2.45, 2.75) is 24.7 Å². The largest absolute Gasteiger partial charge is 0.481 e. The summed E-state index contributed by atoms with van der Waals surface area (Å²) >= 11 is 1.08. The molecule has 0 aliphatic carbocycles. The lowest BCUT2D eigenvalue weighted by Crippen LogP contribution is -2.19. The van der Waals surface area contributed by atoms with Gasteiger partial charge in [0, 0.05) is 5.75 Å². The van der Waals surface area contributed by atoms with Gasteiger partial charge >= 0.3 is 5.97 Å². The van der Waals surface area contributed by atoms with Gasteiger partial charge in [-0.2, -0.15) is 8.42 Å². The smallest absolute Gasteiger partial charge is 0.304 e. The molecule has 2 N–H and O–H groups in total. The Balaban J connectivity index is 2.23. The summed E-state index contributed by atoms with van der Waals surface area (Å²) in [6.07, 6.45) is 0.694. The zero-order chi connectivity index (χ0) is 14.8. The molecule has 1 heterocycles. The van der Waals surface area contributed by atoms with Gasteiger partial charge in [0.1, 0.15) is 4.90 Å². The summed E-state index contributed by atoms with van der Waals surface area (Å²) in [4.78, 5) is 10.6. The zero-order valence-corrected chi connectivity index (χ0v) is 12.4. The van der Waals surface area contributed by atoms with Crippen LogP contribution < -0.4 is 5.32 Å². The monoisotopic (exact) mass is 314 g/mol. The molecule has 0 saturated heterocycles. The fourth-order valence-corrected chi connectivity index (χ4v) is 3.91. The summed E-state index contributed by atoms with van der Waals surface area (Å²) in [5.74, 6) is -0.663. The highest BCUT2D eigenvalue weighted by atomic mass is 32.2. The summed E-state index contributed by atoms with van der Waals surface area (Å²) in [5.41, 5.74) is 1.40. The average Bonchev–Trinajstić information content (AvgIpc) is 2.37. The number of carboxylic acid groups (broad SMARTS) is 1. The van der Waals surface area contributed by atoms with Crippen molar-refractivity contribution in [2.75, 3.05) is 11.1 Å². The maximum Gasteiger partial charge on any atom is 0.304 e. The second-order valence-electron chi connectivity index (χ2n) is 4.17. The number of nitrogens with zero attached hydrogens (tertiary/aromatic N) is 1. The number of nitrogens with one attached hydrogen (secondary N) is 1. The first-order valence-corrected chi connectivity index (χ1v) is 8.44. The molecule has 6 nitrogen and oxygen atoms in total. The molecule has 1 aliphatic rings. The lowest BCUT2D eigenvalue weighted by molar-refractivity contribution is -0.136. The number of anilines is 1. The van der Waals surface area contributed by atoms with Crippen molar-refractivity contribution >= 4 is 38.6 Å². The van der Waals surface area contributed by atoms with Crippen molar-refractivity contribution in [1.29, 1.82) is 0 Å².